The van der Waals surface area contributed by atoms with Crippen LogP contribution in [-0.2, 0) is 27.5 Å². The van der Waals surface area contributed by atoms with Gasteiger partial charge in [0.1, 0.15) is 13.2 Å². The van der Waals surface area contributed by atoms with Crippen LogP contribution in [0.4, 0.5) is 4.79 Å². The van der Waals surface area contributed by atoms with E-state index in [0.29, 0.717) is 26.2 Å². The largest absolute Gasteiger partial charge is 0.459 e. The van der Waals surface area contributed by atoms with Crippen molar-refractivity contribution in [3.63, 3.8) is 0 Å². The van der Waals surface area contributed by atoms with Crippen molar-refractivity contribution in [2.75, 3.05) is 58.9 Å². The zero-order valence-electron chi connectivity index (χ0n) is 21.8. The van der Waals surface area contributed by atoms with E-state index < -0.39 is 30.3 Å². The summed E-state index contributed by atoms with van der Waals surface area (Å²) in [4.78, 5) is 30.2. The Morgan fingerprint density at radius 1 is 0.763 bits per heavy atom. The maximum Gasteiger partial charge on any atom is 0.410 e. The lowest BCUT2D eigenvalue weighted by atomic mass is 10.0. The van der Waals surface area contributed by atoms with E-state index in [9.17, 15) is 14.7 Å². The van der Waals surface area contributed by atoms with E-state index in [2.05, 4.69) is 20.9 Å². The van der Waals surface area contributed by atoms with Crippen LogP contribution in [-0.4, -0.2) is 104 Å². The van der Waals surface area contributed by atoms with Gasteiger partial charge in [-0.05, 0) is 11.1 Å². The van der Waals surface area contributed by atoms with Crippen molar-refractivity contribution in [3.05, 3.63) is 71.8 Å². The summed E-state index contributed by atoms with van der Waals surface area (Å²) in [6.45, 7) is 6.12. The number of likely N-dealkylation sites (tertiary alicyclic amines) is 1. The Bertz CT molecular complexity index is 984. The van der Waals surface area contributed by atoms with Crippen molar-refractivity contribution in [3.8, 4) is 0 Å². The second-order valence-corrected chi connectivity index (χ2v) is 9.57. The molecule has 2 aliphatic rings. The highest BCUT2D eigenvalue weighted by Crippen LogP contribution is 2.26. The molecule has 4 rings (SSSR count). The number of hydrogen-bond acceptors (Lipinski definition) is 9. The molecule has 1 amide bonds. The van der Waals surface area contributed by atoms with Crippen LogP contribution in [0.1, 0.15) is 11.1 Å². The molecule has 10 nitrogen and oxygen atoms in total. The minimum atomic E-state index is -0.994. The van der Waals surface area contributed by atoms with Gasteiger partial charge in [0.25, 0.3) is 0 Å². The molecule has 0 unspecified atom stereocenters. The number of hydrogen-bond donors (Lipinski definition) is 4. The zero-order valence-corrected chi connectivity index (χ0v) is 21.8. The third-order valence-electron chi connectivity index (χ3n) is 6.87. The highest BCUT2D eigenvalue weighted by molar-refractivity contribution is 5.83. The molecular weight excluding hydrogens is 486 g/mol. The molecule has 4 N–H and O–H groups in total. The Hall–Kier alpha value is -3.02. The van der Waals surface area contributed by atoms with E-state index in [-0.39, 0.29) is 19.8 Å². The second kappa shape index (κ2) is 14.8. The molecular formula is C28H39N5O5. The molecule has 0 bridgehead atoms. The summed E-state index contributed by atoms with van der Waals surface area (Å²) in [6, 6.07) is 17.2. The third kappa shape index (κ3) is 7.99. The van der Waals surface area contributed by atoms with E-state index >= 15 is 0 Å². The first-order chi connectivity index (χ1) is 18.6. The van der Waals surface area contributed by atoms with E-state index in [1.165, 1.54) is 4.90 Å². The van der Waals surface area contributed by atoms with Gasteiger partial charge in [-0.15, -0.1) is 0 Å². The average Bonchev–Trinajstić information content (AvgIpc) is 3.29. The lowest BCUT2D eigenvalue weighted by Crippen LogP contribution is -2.56. The van der Waals surface area contributed by atoms with Crippen LogP contribution < -0.4 is 16.0 Å². The molecule has 206 valence electrons. The first-order valence-electron chi connectivity index (χ1n) is 13.4. The molecule has 2 saturated heterocycles. The number of carbonyl (C=O) groups is 2. The summed E-state index contributed by atoms with van der Waals surface area (Å²) in [5.74, 6) is -0.553. The Kier molecular flexibility index (Phi) is 10.9. The van der Waals surface area contributed by atoms with Gasteiger partial charge in [0.15, 0.2) is 6.04 Å². The lowest BCUT2D eigenvalue weighted by Gasteiger charge is -2.35. The maximum atomic E-state index is 13.5. The maximum absolute atomic E-state index is 13.5. The number of esters is 1. The first-order valence-corrected chi connectivity index (χ1v) is 13.4. The molecule has 3 atom stereocenters. The molecule has 38 heavy (non-hydrogen) atoms. The highest BCUT2D eigenvalue weighted by atomic mass is 16.6. The summed E-state index contributed by atoms with van der Waals surface area (Å²) >= 11 is 0. The zero-order chi connectivity index (χ0) is 26.6. The SMILES string of the molecule is O=C(OCc1ccccc1)[C@H]1[C@H](N2CCNCCNCCNCC2)[C@@H](O)CN1C(=O)OCc1ccccc1. The quantitative estimate of drug-likeness (QED) is 0.402. The monoisotopic (exact) mass is 525 g/mol. The minimum absolute atomic E-state index is 0.00926. The summed E-state index contributed by atoms with van der Waals surface area (Å²) in [6.07, 6.45) is -1.57. The van der Waals surface area contributed by atoms with Crippen LogP contribution >= 0.6 is 0 Å². The number of rotatable bonds is 6. The Labute approximate surface area is 224 Å². The average molecular weight is 526 g/mol. The van der Waals surface area contributed by atoms with Gasteiger partial charge in [0.2, 0.25) is 0 Å². The van der Waals surface area contributed by atoms with Crippen molar-refractivity contribution in [1.29, 1.82) is 0 Å². The van der Waals surface area contributed by atoms with Crippen LogP contribution in [0.2, 0.25) is 0 Å². The Morgan fingerprint density at radius 3 is 1.82 bits per heavy atom. The number of amides is 1. The number of ether oxygens (including phenoxy) is 2. The number of benzene rings is 2. The topological polar surface area (TPSA) is 115 Å². The number of nitrogens with zero attached hydrogens (tertiary/aromatic N) is 2. The standard InChI is InChI=1S/C28H39N5O5/c34-24-19-33(28(36)38-21-23-9-5-2-6-10-23)26(27(35)37-20-22-7-3-1-4-8-22)25(24)32-17-15-30-13-11-29-12-14-31-16-18-32/h1-10,24-26,29-31,34H,11-21H2/t24-,25+,26+/m0/s1. The van der Waals surface area contributed by atoms with Gasteiger partial charge in [0.05, 0.1) is 18.7 Å². The summed E-state index contributed by atoms with van der Waals surface area (Å²) in [7, 11) is 0. The van der Waals surface area contributed by atoms with E-state index in [1.54, 1.807) is 0 Å². The van der Waals surface area contributed by atoms with Crippen LogP contribution in [0.5, 0.6) is 0 Å². The van der Waals surface area contributed by atoms with Gasteiger partial charge in [-0.3, -0.25) is 9.80 Å². The van der Waals surface area contributed by atoms with E-state index in [1.807, 2.05) is 60.7 Å². The van der Waals surface area contributed by atoms with Gasteiger partial charge in [-0.2, -0.15) is 0 Å². The fraction of sp³-hybridized carbons (Fsp3) is 0.500. The molecule has 2 aromatic rings. The molecule has 0 saturated carbocycles. The number of aliphatic hydroxyl groups is 1. The summed E-state index contributed by atoms with van der Waals surface area (Å²) < 4.78 is 11.3. The van der Waals surface area contributed by atoms with Crippen LogP contribution in [0.25, 0.3) is 0 Å². The number of aliphatic hydroxyl groups excluding tert-OH is 1. The summed E-state index contributed by atoms with van der Waals surface area (Å²) in [5.41, 5.74) is 1.69. The van der Waals surface area contributed by atoms with Crippen LogP contribution in [0, 0.1) is 0 Å². The molecule has 2 heterocycles. The number of carbonyl (C=O) groups excluding carboxylic acids is 2. The molecule has 10 heteroatoms. The van der Waals surface area contributed by atoms with Crippen LogP contribution in [0.15, 0.2) is 60.7 Å². The van der Waals surface area contributed by atoms with Crippen molar-refractivity contribution in [1.82, 2.24) is 25.8 Å². The van der Waals surface area contributed by atoms with Gasteiger partial charge in [0, 0.05) is 52.4 Å². The Morgan fingerprint density at radius 2 is 1.26 bits per heavy atom. The molecule has 2 fully saturated rings. The normalized spacial score (nSPS) is 23.7. The molecule has 2 aromatic carbocycles. The smallest absolute Gasteiger partial charge is 0.410 e. The third-order valence-corrected chi connectivity index (χ3v) is 6.87. The van der Waals surface area contributed by atoms with Crippen molar-refractivity contribution in [2.24, 2.45) is 0 Å². The predicted molar refractivity (Wildman–Crippen MR) is 143 cm³/mol. The first kappa shape index (κ1) is 28.0. The number of β-amino-alcohol motifs (C(OH)–C–C–N with tert-alkyl or cyclic N) is 1. The van der Waals surface area contributed by atoms with E-state index in [4.69, 9.17) is 9.47 Å². The number of nitrogens with one attached hydrogen (secondary N) is 3. The molecule has 0 spiro atoms. The Balaban J connectivity index is 1.50. The molecule has 2 aliphatic heterocycles. The molecule has 0 radical (unpaired) electrons. The second-order valence-electron chi connectivity index (χ2n) is 9.57. The van der Waals surface area contributed by atoms with Crippen molar-refractivity contribution < 1.29 is 24.2 Å². The fourth-order valence-corrected chi connectivity index (χ4v) is 4.92. The fourth-order valence-electron chi connectivity index (χ4n) is 4.92. The van der Waals surface area contributed by atoms with Crippen molar-refractivity contribution >= 4 is 12.1 Å². The molecule has 0 aromatic heterocycles. The van der Waals surface area contributed by atoms with Crippen molar-refractivity contribution in [2.45, 2.75) is 31.4 Å². The van der Waals surface area contributed by atoms with Gasteiger partial charge >= 0.3 is 12.1 Å². The van der Waals surface area contributed by atoms with Gasteiger partial charge in [-0.1, -0.05) is 60.7 Å². The molecule has 0 aliphatic carbocycles. The van der Waals surface area contributed by atoms with E-state index in [0.717, 1.165) is 37.3 Å². The van der Waals surface area contributed by atoms with Gasteiger partial charge in [-0.25, -0.2) is 9.59 Å². The predicted octanol–water partition coefficient (Wildman–Crippen LogP) is 0.565. The summed E-state index contributed by atoms with van der Waals surface area (Å²) in [5, 5.41) is 21.4. The van der Waals surface area contributed by atoms with Crippen LogP contribution in [0.3, 0.4) is 0 Å². The minimum Gasteiger partial charge on any atom is -0.459 e. The van der Waals surface area contributed by atoms with Gasteiger partial charge < -0.3 is 30.5 Å². The lowest BCUT2D eigenvalue weighted by molar-refractivity contribution is -0.152. The highest BCUT2D eigenvalue weighted by Gasteiger charge is 2.51.